The topological polar surface area (TPSA) is 60.9 Å². The second-order valence-electron chi connectivity index (χ2n) is 5.11. The second kappa shape index (κ2) is 6.35. The van der Waals surface area contributed by atoms with Gasteiger partial charge in [-0.2, -0.15) is 4.31 Å². The zero-order valence-electron chi connectivity index (χ0n) is 11.7. The van der Waals surface area contributed by atoms with Crippen LogP contribution in [-0.2, 0) is 10.0 Å². The molecule has 21 heavy (non-hydrogen) atoms. The SMILES string of the molecule is CS(=O)(=O)N1CCN(CC(O)c2c(F)cccc2F)CC1. The number of piperazine rings is 1. The predicted molar refractivity (Wildman–Crippen MR) is 74.2 cm³/mol. The van der Waals surface area contributed by atoms with E-state index in [4.69, 9.17) is 0 Å². The number of nitrogens with zero attached hydrogens (tertiary/aromatic N) is 2. The summed E-state index contributed by atoms with van der Waals surface area (Å²) in [5.74, 6) is -1.56. The smallest absolute Gasteiger partial charge is 0.211 e. The number of halogens is 2. The molecule has 0 amide bonds. The molecule has 1 heterocycles. The van der Waals surface area contributed by atoms with Gasteiger partial charge in [0.05, 0.1) is 17.9 Å². The Morgan fingerprint density at radius 2 is 1.71 bits per heavy atom. The Hall–Kier alpha value is -1.09. The molecule has 0 radical (unpaired) electrons. The highest BCUT2D eigenvalue weighted by molar-refractivity contribution is 7.88. The van der Waals surface area contributed by atoms with Crippen molar-refractivity contribution < 1.29 is 22.3 Å². The van der Waals surface area contributed by atoms with Gasteiger partial charge in [-0.15, -0.1) is 0 Å². The summed E-state index contributed by atoms with van der Waals surface area (Å²) in [6.45, 7) is 1.52. The number of β-amino-alcohol motifs (C(OH)–C–C–N with tert-alkyl or cyclic N) is 1. The van der Waals surface area contributed by atoms with Crippen molar-refractivity contribution in [2.45, 2.75) is 6.10 Å². The summed E-state index contributed by atoms with van der Waals surface area (Å²) in [6, 6.07) is 3.44. The summed E-state index contributed by atoms with van der Waals surface area (Å²) < 4.78 is 51.3. The number of hydrogen-bond donors (Lipinski definition) is 1. The van der Waals surface area contributed by atoms with Gasteiger partial charge < -0.3 is 5.11 Å². The lowest BCUT2D eigenvalue weighted by atomic mass is 10.1. The van der Waals surface area contributed by atoms with E-state index in [1.807, 2.05) is 0 Å². The predicted octanol–water partition coefficient (Wildman–Crippen LogP) is 0.575. The summed E-state index contributed by atoms with van der Waals surface area (Å²) in [5.41, 5.74) is -0.344. The van der Waals surface area contributed by atoms with Crippen LogP contribution in [0.2, 0.25) is 0 Å². The standard InChI is InChI=1S/C13H18F2N2O3S/c1-21(19,20)17-7-5-16(6-8-17)9-12(18)13-10(14)3-2-4-11(13)15/h2-4,12,18H,5-9H2,1H3. The molecule has 1 aliphatic heterocycles. The maximum atomic E-state index is 13.6. The van der Waals surface area contributed by atoms with E-state index in [9.17, 15) is 22.3 Å². The molecule has 8 heteroatoms. The zero-order valence-corrected chi connectivity index (χ0v) is 12.5. The molecule has 1 saturated heterocycles. The lowest BCUT2D eigenvalue weighted by Gasteiger charge is -2.34. The minimum atomic E-state index is -3.22. The molecule has 1 aromatic rings. The van der Waals surface area contributed by atoms with Crippen molar-refractivity contribution in [3.05, 3.63) is 35.4 Å². The van der Waals surface area contributed by atoms with Crippen LogP contribution in [0.15, 0.2) is 18.2 Å². The van der Waals surface area contributed by atoms with Crippen molar-refractivity contribution in [3.8, 4) is 0 Å². The third-order valence-corrected chi connectivity index (χ3v) is 4.87. The van der Waals surface area contributed by atoms with E-state index in [0.717, 1.165) is 18.4 Å². The van der Waals surface area contributed by atoms with Crippen molar-refractivity contribution in [1.82, 2.24) is 9.21 Å². The van der Waals surface area contributed by atoms with E-state index >= 15 is 0 Å². The van der Waals surface area contributed by atoms with Crippen molar-refractivity contribution in [2.75, 3.05) is 39.0 Å². The third-order valence-electron chi connectivity index (χ3n) is 3.56. The minimum absolute atomic E-state index is 0.0649. The van der Waals surface area contributed by atoms with Gasteiger partial charge in [-0.05, 0) is 12.1 Å². The highest BCUT2D eigenvalue weighted by Crippen LogP contribution is 2.22. The van der Waals surface area contributed by atoms with Crippen LogP contribution in [0.1, 0.15) is 11.7 Å². The monoisotopic (exact) mass is 320 g/mol. The molecule has 1 fully saturated rings. The summed E-state index contributed by atoms with van der Waals surface area (Å²) in [4.78, 5) is 1.79. The molecule has 0 aromatic heterocycles. The Morgan fingerprint density at radius 1 is 1.19 bits per heavy atom. The Morgan fingerprint density at radius 3 is 2.19 bits per heavy atom. The van der Waals surface area contributed by atoms with Gasteiger partial charge in [-0.3, -0.25) is 4.90 Å². The van der Waals surface area contributed by atoms with E-state index in [2.05, 4.69) is 0 Å². The second-order valence-corrected chi connectivity index (χ2v) is 7.10. The normalized spacial score (nSPS) is 19.6. The van der Waals surface area contributed by atoms with E-state index in [-0.39, 0.29) is 12.1 Å². The van der Waals surface area contributed by atoms with Gasteiger partial charge in [-0.1, -0.05) is 6.07 Å². The van der Waals surface area contributed by atoms with Gasteiger partial charge in [0.15, 0.2) is 0 Å². The van der Waals surface area contributed by atoms with Crippen LogP contribution in [-0.4, -0.2) is 61.7 Å². The Balaban J connectivity index is 1.98. The molecule has 1 aromatic carbocycles. The lowest BCUT2D eigenvalue weighted by Crippen LogP contribution is -2.49. The number of sulfonamides is 1. The van der Waals surface area contributed by atoms with Crippen molar-refractivity contribution in [3.63, 3.8) is 0 Å². The Kier molecular flexibility index (Phi) is 4.92. The maximum absolute atomic E-state index is 13.6. The minimum Gasteiger partial charge on any atom is -0.387 e. The van der Waals surface area contributed by atoms with E-state index in [1.165, 1.54) is 10.4 Å². The highest BCUT2D eigenvalue weighted by Gasteiger charge is 2.26. The molecule has 1 N–H and O–H groups in total. The quantitative estimate of drug-likeness (QED) is 0.881. The third kappa shape index (κ3) is 3.97. The number of hydrogen-bond acceptors (Lipinski definition) is 4. The molecule has 0 saturated carbocycles. The molecule has 0 spiro atoms. The summed E-state index contributed by atoms with van der Waals surface area (Å²) in [6.07, 6.45) is -0.136. The molecule has 1 aliphatic rings. The van der Waals surface area contributed by atoms with Crippen LogP contribution in [0.4, 0.5) is 8.78 Å². The van der Waals surface area contributed by atoms with Crippen LogP contribution in [0.5, 0.6) is 0 Å². The van der Waals surface area contributed by atoms with Crippen LogP contribution >= 0.6 is 0 Å². The van der Waals surface area contributed by atoms with E-state index < -0.39 is 27.8 Å². The molecule has 2 rings (SSSR count). The van der Waals surface area contributed by atoms with Crippen molar-refractivity contribution >= 4 is 10.0 Å². The van der Waals surface area contributed by atoms with Crippen LogP contribution in [0.3, 0.4) is 0 Å². The zero-order chi connectivity index (χ0) is 15.6. The molecular weight excluding hydrogens is 302 g/mol. The molecule has 0 aliphatic carbocycles. The fourth-order valence-corrected chi connectivity index (χ4v) is 3.24. The fourth-order valence-electron chi connectivity index (χ4n) is 2.41. The molecule has 1 unspecified atom stereocenters. The maximum Gasteiger partial charge on any atom is 0.211 e. The summed E-state index contributed by atoms with van der Waals surface area (Å²) >= 11 is 0. The number of aliphatic hydroxyl groups excluding tert-OH is 1. The van der Waals surface area contributed by atoms with Gasteiger partial charge in [0.2, 0.25) is 10.0 Å². The fraction of sp³-hybridized carbons (Fsp3) is 0.538. The summed E-state index contributed by atoms with van der Waals surface area (Å²) in [5, 5.41) is 10.0. The largest absolute Gasteiger partial charge is 0.387 e. The first-order valence-corrected chi connectivity index (χ1v) is 8.43. The number of benzene rings is 1. The van der Waals surface area contributed by atoms with Crippen molar-refractivity contribution in [1.29, 1.82) is 0 Å². The highest BCUT2D eigenvalue weighted by atomic mass is 32.2. The number of aliphatic hydroxyl groups is 1. The van der Waals surface area contributed by atoms with Crippen LogP contribution in [0.25, 0.3) is 0 Å². The van der Waals surface area contributed by atoms with E-state index in [0.29, 0.717) is 26.2 Å². The first kappa shape index (κ1) is 16.3. The van der Waals surface area contributed by atoms with Gasteiger partial charge in [0.1, 0.15) is 11.6 Å². The lowest BCUT2D eigenvalue weighted by molar-refractivity contribution is 0.0874. The van der Waals surface area contributed by atoms with Gasteiger partial charge in [0.25, 0.3) is 0 Å². The van der Waals surface area contributed by atoms with E-state index in [1.54, 1.807) is 4.90 Å². The molecular formula is C13H18F2N2O3S. The molecule has 0 bridgehead atoms. The average Bonchev–Trinajstić information content (AvgIpc) is 2.38. The number of rotatable bonds is 4. The van der Waals surface area contributed by atoms with Crippen LogP contribution in [0, 0.1) is 11.6 Å². The molecule has 1 atom stereocenters. The van der Waals surface area contributed by atoms with Crippen LogP contribution < -0.4 is 0 Å². The Labute approximate surface area is 122 Å². The molecule has 118 valence electrons. The molecule has 5 nitrogen and oxygen atoms in total. The van der Waals surface area contributed by atoms with Gasteiger partial charge >= 0.3 is 0 Å². The van der Waals surface area contributed by atoms with Gasteiger partial charge in [-0.25, -0.2) is 17.2 Å². The average molecular weight is 320 g/mol. The van der Waals surface area contributed by atoms with Gasteiger partial charge in [0, 0.05) is 32.7 Å². The first-order valence-electron chi connectivity index (χ1n) is 6.58. The Bertz CT molecular complexity index is 581. The summed E-state index contributed by atoms with van der Waals surface area (Å²) in [7, 11) is -3.22. The van der Waals surface area contributed by atoms with Crippen molar-refractivity contribution in [2.24, 2.45) is 0 Å². The first-order chi connectivity index (χ1) is 9.79.